The molecule has 0 aromatic heterocycles. The van der Waals surface area contributed by atoms with Gasteiger partial charge in [0.1, 0.15) is 0 Å². The molecule has 1 fully saturated rings. The Hall–Kier alpha value is -0.770. The van der Waals surface area contributed by atoms with E-state index in [1.165, 1.54) is 0 Å². The third kappa shape index (κ3) is 2.68. The summed E-state index contributed by atoms with van der Waals surface area (Å²) < 4.78 is 0. The van der Waals surface area contributed by atoms with E-state index in [0.717, 1.165) is 12.8 Å². The van der Waals surface area contributed by atoms with Gasteiger partial charge < -0.3 is 5.32 Å². The molecule has 0 saturated heterocycles. The summed E-state index contributed by atoms with van der Waals surface area (Å²) in [5.41, 5.74) is 2.25. The van der Waals surface area contributed by atoms with Crippen LogP contribution in [0.2, 0.25) is 0 Å². The van der Waals surface area contributed by atoms with E-state index in [9.17, 15) is 4.79 Å². The van der Waals surface area contributed by atoms with Gasteiger partial charge in [-0.2, -0.15) is 0 Å². The Kier molecular flexibility index (Phi) is 2.50. The van der Waals surface area contributed by atoms with Crippen LogP contribution in [0.15, 0.2) is 0 Å². The van der Waals surface area contributed by atoms with Gasteiger partial charge in [-0.1, -0.05) is 0 Å². The van der Waals surface area contributed by atoms with Gasteiger partial charge in [-0.05, 0) is 19.8 Å². The molecule has 2 amide bonds. The summed E-state index contributed by atoms with van der Waals surface area (Å²) in [4.78, 5) is 15.4. The van der Waals surface area contributed by atoms with Crippen LogP contribution in [0.4, 0.5) is 4.79 Å². The molecule has 0 aliphatic heterocycles. The van der Waals surface area contributed by atoms with Crippen molar-refractivity contribution in [2.24, 2.45) is 0 Å². The van der Waals surface area contributed by atoms with Gasteiger partial charge >= 0.3 is 6.03 Å². The van der Waals surface area contributed by atoms with Crippen LogP contribution in [0, 0.1) is 0 Å². The average molecular weight is 144 g/mol. The first-order chi connectivity index (χ1) is 4.83. The second-order valence-corrected chi connectivity index (χ2v) is 2.28. The summed E-state index contributed by atoms with van der Waals surface area (Å²) in [5.74, 6) is 0. The lowest BCUT2D eigenvalue weighted by Crippen LogP contribution is -2.36. The quantitative estimate of drug-likeness (QED) is 0.563. The molecule has 58 valence electrons. The Morgan fingerprint density at radius 2 is 2.40 bits per heavy atom. The number of carbonyl (C=O) groups excluding carboxylic acids is 1. The highest BCUT2D eigenvalue weighted by Crippen LogP contribution is 2.17. The average Bonchev–Trinajstić information content (AvgIpc) is 2.67. The van der Waals surface area contributed by atoms with Gasteiger partial charge in [-0.25, -0.2) is 10.3 Å². The lowest BCUT2D eigenvalue weighted by Gasteiger charge is -2.03. The molecule has 10 heavy (non-hydrogen) atoms. The van der Waals surface area contributed by atoms with Crippen molar-refractivity contribution in [3.63, 3.8) is 0 Å². The fourth-order valence-corrected chi connectivity index (χ4v) is 0.580. The summed E-state index contributed by atoms with van der Waals surface area (Å²) in [5, 5.41) is 2.71. The fourth-order valence-electron chi connectivity index (χ4n) is 0.580. The Morgan fingerprint density at radius 1 is 1.70 bits per heavy atom. The molecular formula is C6H12N2O2. The summed E-state index contributed by atoms with van der Waals surface area (Å²) in [6, 6.07) is 0.157. The SMILES string of the molecule is CCONC(=O)NC1CC1. The van der Waals surface area contributed by atoms with Crippen LogP contribution in [0.3, 0.4) is 0 Å². The monoisotopic (exact) mass is 144 g/mol. The zero-order valence-corrected chi connectivity index (χ0v) is 6.02. The van der Waals surface area contributed by atoms with Crippen LogP contribution in [-0.4, -0.2) is 18.7 Å². The largest absolute Gasteiger partial charge is 0.338 e. The molecule has 0 aromatic carbocycles. The zero-order valence-electron chi connectivity index (χ0n) is 6.02. The number of carbonyl (C=O) groups is 1. The van der Waals surface area contributed by atoms with Gasteiger partial charge in [-0.3, -0.25) is 4.84 Å². The van der Waals surface area contributed by atoms with E-state index in [2.05, 4.69) is 15.6 Å². The molecule has 4 heteroatoms. The molecule has 0 bridgehead atoms. The molecule has 0 aromatic rings. The minimum Gasteiger partial charge on any atom is -0.334 e. The summed E-state index contributed by atoms with van der Waals surface area (Å²) in [7, 11) is 0. The molecule has 1 rings (SSSR count). The van der Waals surface area contributed by atoms with E-state index in [4.69, 9.17) is 0 Å². The molecule has 1 aliphatic rings. The Labute approximate surface area is 59.9 Å². The van der Waals surface area contributed by atoms with E-state index < -0.39 is 0 Å². The predicted molar refractivity (Wildman–Crippen MR) is 36.3 cm³/mol. The molecule has 0 spiro atoms. The maximum atomic E-state index is 10.7. The number of hydroxylamine groups is 1. The van der Waals surface area contributed by atoms with Crippen molar-refractivity contribution in [3.05, 3.63) is 0 Å². The maximum absolute atomic E-state index is 10.7. The summed E-state index contributed by atoms with van der Waals surface area (Å²) >= 11 is 0. The van der Waals surface area contributed by atoms with E-state index >= 15 is 0 Å². The third-order valence-electron chi connectivity index (χ3n) is 1.22. The molecule has 4 nitrogen and oxygen atoms in total. The molecule has 0 unspecified atom stereocenters. The molecule has 2 N–H and O–H groups in total. The lowest BCUT2D eigenvalue weighted by atomic mass is 10.7. The molecule has 0 heterocycles. The van der Waals surface area contributed by atoms with Crippen LogP contribution in [0.25, 0.3) is 0 Å². The number of rotatable bonds is 3. The minimum atomic E-state index is -0.232. The zero-order chi connectivity index (χ0) is 7.40. The number of nitrogens with one attached hydrogen (secondary N) is 2. The second-order valence-electron chi connectivity index (χ2n) is 2.28. The van der Waals surface area contributed by atoms with Crippen LogP contribution < -0.4 is 10.8 Å². The van der Waals surface area contributed by atoms with Crippen LogP contribution in [-0.2, 0) is 4.84 Å². The van der Waals surface area contributed by atoms with Gasteiger partial charge in [0.25, 0.3) is 0 Å². The van der Waals surface area contributed by atoms with Crippen LogP contribution in [0.1, 0.15) is 19.8 Å². The lowest BCUT2D eigenvalue weighted by molar-refractivity contribution is 0.0705. The Balaban J connectivity index is 1.97. The Bertz CT molecular complexity index is 123. The first-order valence-corrected chi connectivity index (χ1v) is 3.51. The van der Waals surface area contributed by atoms with Crippen molar-refractivity contribution in [1.82, 2.24) is 10.8 Å². The van der Waals surface area contributed by atoms with Crippen molar-refractivity contribution in [2.45, 2.75) is 25.8 Å². The van der Waals surface area contributed by atoms with Gasteiger partial charge in [0, 0.05) is 6.04 Å². The first kappa shape index (κ1) is 7.34. The van der Waals surface area contributed by atoms with Gasteiger partial charge in [0.15, 0.2) is 0 Å². The highest BCUT2D eigenvalue weighted by Gasteiger charge is 2.22. The predicted octanol–water partition coefficient (Wildman–Crippen LogP) is 0.399. The number of amides is 2. The van der Waals surface area contributed by atoms with Crippen molar-refractivity contribution >= 4 is 6.03 Å². The molecular weight excluding hydrogens is 132 g/mol. The topological polar surface area (TPSA) is 50.4 Å². The first-order valence-electron chi connectivity index (χ1n) is 3.51. The number of hydrogen-bond donors (Lipinski definition) is 2. The smallest absolute Gasteiger partial charge is 0.334 e. The highest BCUT2D eigenvalue weighted by atomic mass is 16.7. The molecule has 0 atom stereocenters. The maximum Gasteiger partial charge on any atom is 0.338 e. The van der Waals surface area contributed by atoms with Crippen LogP contribution in [0.5, 0.6) is 0 Å². The fraction of sp³-hybridized carbons (Fsp3) is 0.833. The third-order valence-corrected chi connectivity index (χ3v) is 1.22. The normalized spacial score (nSPS) is 16.5. The number of hydrogen-bond acceptors (Lipinski definition) is 2. The number of urea groups is 1. The Morgan fingerprint density at radius 3 is 2.90 bits per heavy atom. The molecule has 1 saturated carbocycles. The summed E-state index contributed by atoms with van der Waals surface area (Å²) in [6.45, 7) is 2.31. The van der Waals surface area contributed by atoms with Crippen molar-refractivity contribution in [2.75, 3.05) is 6.61 Å². The van der Waals surface area contributed by atoms with E-state index in [1.54, 1.807) is 0 Å². The summed E-state index contributed by atoms with van der Waals surface area (Å²) in [6.07, 6.45) is 2.19. The van der Waals surface area contributed by atoms with Crippen molar-refractivity contribution < 1.29 is 9.63 Å². The molecule has 1 aliphatic carbocycles. The second kappa shape index (κ2) is 3.41. The minimum absolute atomic E-state index is 0.232. The van der Waals surface area contributed by atoms with Crippen molar-refractivity contribution in [3.8, 4) is 0 Å². The van der Waals surface area contributed by atoms with Gasteiger partial charge in [0.05, 0.1) is 6.61 Å². The molecule has 0 radical (unpaired) electrons. The highest BCUT2D eigenvalue weighted by molar-refractivity contribution is 5.73. The standard InChI is InChI=1S/C6H12N2O2/c1-2-10-8-6(9)7-5-3-4-5/h5H,2-4H2,1H3,(H2,7,8,9). The van der Waals surface area contributed by atoms with E-state index in [1.807, 2.05) is 6.92 Å². The van der Waals surface area contributed by atoms with Gasteiger partial charge in [-0.15, -0.1) is 0 Å². The van der Waals surface area contributed by atoms with Crippen molar-refractivity contribution in [1.29, 1.82) is 0 Å². The van der Waals surface area contributed by atoms with Crippen LogP contribution >= 0.6 is 0 Å². The van der Waals surface area contributed by atoms with E-state index in [0.29, 0.717) is 12.6 Å². The van der Waals surface area contributed by atoms with Gasteiger partial charge in [0.2, 0.25) is 0 Å². The van der Waals surface area contributed by atoms with E-state index in [-0.39, 0.29) is 6.03 Å².